The molecule has 7 heteroatoms. The lowest BCUT2D eigenvalue weighted by atomic mass is 10.3. The normalized spacial score (nSPS) is 13.4. The summed E-state index contributed by atoms with van der Waals surface area (Å²) in [5, 5.41) is 0. The molecule has 0 bridgehead atoms. The minimum absolute atomic E-state index is 0.0846. The van der Waals surface area contributed by atoms with Gasteiger partial charge < -0.3 is 15.2 Å². The second kappa shape index (κ2) is 7.63. The van der Waals surface area contributed by atoms with Gasteiger partial charge in [-0.15, -0.1) is 0 Å². The summed E-state index contributed by atoms with van der Waals surface area (Å²) in [6, 6.07) is 4.46. The van der Waals surface area contributed by atoms with Crippen LogP contribution < -0.4 is 10.5 Å². The maximum Gasteiger partial charge on any atom is 0.247 e. The lowest BCUT2D eigenvalue weighted by Gasteiger charge is -2.28. The Morgan fingerprint density at radius 1 is 1.33 bits per heavy atom. The molecule has 0 spiro atoms. The van der Waals surface area contributed by atoms with Crippen molar-refractivity contribution in [2.75, 3.05) is 33.1 Å². The summed E-state index contributed by atoms with van der Waals surface area (Å²) in [7, 11) is -0.720. The van der Waals surface area contributed by atoms with Gasteiger partial charge in [0, 0.05) is 25.4 Å². The summed E-state index contributed by atoms with van der Waals surface area (Å²) in [6.07, 6.45) is 0.702. The molecule has 0 saturated heterocycles. The van der Waals surface area contributed by atoms with Gasteiger partial charge in [-0.3, -0.25) is 0 Å². The third-order valence-corrected chi connectivity index (χ3v) is 5.41. The fraction of sp³-hybridized carbons (Fsp3) is 0.571. The number of anilines is 1. The molecule has 1 atom stereocenters. The van der Waals surface area contributed by atoms with Gasteiger partial charge in [0.05, 0.1) is 13.7 Å². The maximum absolute atomic E-state index is 12.9. The highest BCUT2D eigenvalue weighted by atomic mass is 32.2. The quantitative estimate of drug-likeness (QED) is 0.738. The number of methoxy groups -OCH3 is 2. The first-order valence-corrected chi connectivity index (χ1v) is 8.26. The average molecular weight is 316 g/mol. The number of sulfonamides is 1. The molecule has 21 heavy (non-hydrogen) atoms. The minimum Gasteiger partial charge on any atom is -0.495 e. The van der Waals surface area contributed by atoms with E-state index >= 15 is 0 Å². The van der Waals surface area contributed by atoms with Crippen molar-refractivity contribution in [3.8, 4) is 5.75 Å². The van der Waals surface area contributed by atoms with Crippen molar-refractivity contribution in [1.82, 2.24) is 4.31 Å². The standard InChI is InChI=1S/C14H24N2O4S/c1-5-11(2)16(8-9-19-3)21(17,18)14-10-12(15)6-7-13(14)20-4/h6-7,10-11H,5,8-9,15H2,1-4H3. The zero-order chi connectivity index (χ0) is 16.0. The predicted octanol–water partition coefficient (Wildman–Crippen LogP) is 1.71. The first kappa shape index (κ1) is 17.7. The van der Waals surface area contributed by atoms with Crippen molar-refractivity contribution in [1.29, 1.82) is 0 Å². The summed E-state index contributed by atoms with van der Waals surface area (Å²) in [4.78, 5) is 0.0846. The van der Waals surface area contributed by atoms with Gasteiger partial charge in [0.15, 0.2) is 0 Å². The van der Waals surface area contributed by atoms with Crippen molar-refractivity contribution >= 4 is 15.7 Å². The molecule has 2 N–H and O–H groups in total. The van der Waals surface area contributed by atoms with Gasteiger partial charge in [-0.2, -0.15) is 4.31 Å². The van der Waals surface area contributed by atoms with Crippen LogP contribution in [0.5, 0.6) is 5.75 Å². The number of nitrogen functional groups attached to an aromatic ring is 1. The van der Waals surface area contributed by atoms with Crippen LogP contribution in [0.15, 0.2) is 23.1 Å². The van der Waals surface area contributed by atoms with Crippen LogP contribution in [0.25, 0.3) is 0 Å². The number of benzene rings is 1. The van der Waals surface area contributed by atoms with Gasteiger partial charge in [0.25, 0.3) is 0 Å². The van der Waals surface area contributed by atoms with Gasteiger partial charge in [0.1, 0.15) is 10.6 Å². The molecule has 0 saturated carbocycles. The topological polar surface area (TPSA) is 81.9 Å². The van der Waals surface area contributed by atoms with Gasteiger partial charge >= 0.3 is 0 Å². The minimum atomic E-state index is -3.70. The molecule has 0 aliphatic heterocycles. The van der Waals surface area contributed by atoms with E-state index in [0.29, 0.717) is 18.7 Å². The molecule has 0 aliphatic rings. The number of ether oxygens (including phenoxy) is 2. The Morgan fingerprint density at radius 2 is 2.00 bits per heavy atom. The molecule has 1 rings (SSSR count). The number of nitrogens with zero attached hydrogens (tertiary/aromatic N) is 1. The molecule has 0 fully saturated rings. The second-order valence-corrected chi connectivity index (χ2v) is 6.64. The fourth-order valence-corrected chi connectivity index (χ4v) is 3.86. The highest BCUT2D eigenvalue weighted by Gasteiger charge is 2.30. The SMILES string of the molecule is CCC(C)N(CCOC)S(=O)(=O)c1cc(N)ccc1OC. The van der Waals surface area contributed by atoms with Gasteiger partial charge in [-0.1, -0.05) is 6.92 Å². The zero-order valence-corrected chi connectivity index (χ0v) is 13.8. The molecular weight excluding hydrogens is 292 g/mol. The summed E-state index contributed by atoms with van der Waals surface area (Å²) >= 11 is 0. The molecule has 0 aliphatic carbocycles. The largest absolute Gasteiger partial charge is 0.495 e. The second-order valence-electron chi connectivity index (χ2n) is 4.78. The number of rotatable bonds is 8. The molecule has 0 aromatic heterocycles. The highest BCUT2D eigenvalue weighted by molar-refractivity contribution is 7.89. The van der Waals surface area contributed by atoms with Gasteiger partial charge in [-0.05, 0) is 31.5 Å². The molecule has 1 unspecified atom stereocenters. The van der Waals surface area contributed by atoms with Crippen molar-refractivity contribution in [3.63, 3.8) is 0 Å². The maximum atomic E-state index is 12.9. The Bertz CT molecular complexity index is 560. The molecule has 0 heterocycles. The Hall–Kier alpha value is -1.31. The molecule has 0 radical (unpaired) electrons. The van der Waals surface area contributed by atoms with Gasteiger partial charge in [-0.25, -0.2) is 8.42 Å². The van der Waals surface area contributed by atoms with Crippen LogP contribution in [0.2, 0.25) is 0 Å². The van der Waals surface area contributed by atoms with Crippen LogP contribution in [0.4, 0.5) is 5.69 Å². The molecule has 1 aromatic carbocycles. The van der Waals surface area contributed by atoms with Crippen molar-refractivity contribution in [2.24, 2.45) is 0 Å². The van der Waals surface area contributed by atoms with Crippen molar-refractivity contribution in [2.45, 2.75) is 31.2 Å². The van der Waals surface area contributed by atoms with Crippen LogP contribution in [-0.4, -0.2) is 46.1 Å². The molecule has 6 nitrogen and oxygen atoms in total. The van der Waals surface area contributed by atoms with E-state index in [1.54, 1.807) is 19.2 Å². The molecule has 0 amide bonds. The van der Waals surface area contributed by atoms with E-state index in [9.17, 15) is 8.42 Å². The van der Waals surface area contributed by atoms with Crippen LogP contribution in [0.3, 0.4) is 0 Å². The zero-order valence-electron chi connectivity index (χ0n) is 13.0. The number of hydrogen-bond acceptors (Lipinski definition) is 5. The van der Waals surface area contributed by atoms with Crippen LogP contribution >= 0.6 is 0 Å². The van der Waals surface area contributed by atoms with Crippen LogP contribution in [0.1, 0.15) is 20.3 Å². The van der Waals surface area contributed by atoms with E-state index in [-0.39, 0.29) is 23.2 Å². The third-order valence-electron chi connectivity index (χ3n) is 3.37. The molecular formula is C14H24N2O4S. The van der Waals surface area contributed by atoms with E-state index in [1.807, 2.05) is 13.8 Å². The monoisotopic (exact) mass is 316 g/mol. The van der Waals surface area contributed by atoms with E-state index in [1.165, 1.54) is 17.5 Å². The first-order chi connectivity index (χ1) is 9.88. The van der Waals surface area contributed by atoms with Gasteiger partial charge in [0.2, 0.25) is 10.0 Å². The smallest absolute Gasteiger partial charge is 0.247 e. The Balaban J connectivity index is 3.31. The average Bonchev–Trinajstić information content (AvgIpc) is 2.47. The third kappa shape index (κ3) is 4.09. The van der Waals surface area contributed by atoms with Crippen molar-refractivity contribution < 1.29 is 17.9 Å². The highest BCUT2D eigenvalue weighted by Crippen LogP contribution is 2.30. The lowest BCUT2D eigenvalue weighted by molar-refractivity contribution is 0.167. The number of hydrogen-bond donors (Lipinski definition) is 1. The number of nitrogens with two attached hydrogens (primary N) is 1. The molecule has 1 aromatic rings. The van der Waals surface area contributed by atoms with E-state index in [4.69, 9.17) is 15.2 Å². The Kier molecular flexibility index (Phi) is 6.44. The summed E-state index contributed by atoms with van der Waals surface area (Å²) in [5.41, 5.74) is 6.10. The van der Waals surface area contributed by atoms with E-state index in [2.05, 4.69) is 0 Å². The first-order valence-electron chi connectivity index (χ1n) is 6.82. The van der Waals surface area contributed by atoms with Crippen LogP contribution in [0, 0.1) is 0 Å². The van der Waals surface area contributed by atoms with Crippen LogP contribution in [-0.2, 0) is 14.8 Å². The molecule has 120 valence electrons. The van der Waals surface area contributed by atoms with E-state index < -0.39 is 10.0 Å². The summed E-state index contributed by atoms with van der Waals surface area (Å²) in [5.74, 6) is 0.287. The fourth-order valence-electron chi connectivity index (χ4n) is 1.98. The summed E-state index contributed by atoms with van der Waals surface area (Å²) < 4.78 is 37.4. The Labute approximate surface area is 126 Å². The van der Waals surface area contributed by atoms with Crippen molar-refractivity contribution in [3.05, 3.63) is 18.2 Å². The van der Waals surface area contributed by atoms with E-state index in [0.717, 1.165) is 0 Å². The predicted molar refractivity (Wildman–Crippen MR) is 82.9 cm³/mol. The summed E-state index contributed by atoms with van der Waals surface area (Å²) in [6.45, 7) is 4.42. The Morgan fingerprint density at radius 3 is 2.52 bits per heavy atom. The lowest BCUT2D eigenvalue weighted by Crippen LogP contribution is -2.40.